The molecule has 0 aromatic rings. The van der Waals surface area contributed by atoms with Crippen molar-refractivity contribution in [2.45, 2.75) is 25.7 Å². The summed E-state index contributed by atoms with van der Waals surface area (Å²) in [4.78, 5) is 14.2. The van der Waals surface area contributed by atoms with Crippen molar-refractivity contribution in [2.75, 3.05) is 20.3 Å². The number of unbranched alkanes of at least 4 members (excludes halogenated alkanes) is 2. The van der Waals surface area contributed by atoms with Gasteiger partial charge in [0.1, 0.15) is 0 Å². The highest BCUT2D eigenvalue weighted by Crippen LogP contribution is 2.17. The quantitative estimate of drug-likeness (QED) is 0.365. The monoisotopic (exact) mass is 209 g/mol. The fourth-order valence-corrected chi connectivity index (χ4v) is 1.52. The molecule has 0 unspecified atom stereocenters. The molecule has 0 radical (unpaired) electrons. The highest BCUT2D eigenvalue weighted by Gasteiger charge is 2.16. The molecule has 0 aromatic carbocycles. The topological polar surface area (TPSA) is 38.7 Å². The van der Waals surface area contributed by atoms with Crippen LogP contribution in [0.25, 0.3) is 0 Å². The van der Waals surface area contributed by atoms with Gasteiger partial charge in [-0.15, -0.1) is 0 Å². The summed E-state index contributed by atoms with van der Waals surface area (Å²) >= 11 is 0. The van der Waals surface area contributed by atoms with Gasteiger partial charge >= 0.3 is 0 Å². The van der Waals surface area contributed by atoms with E-state index in [2.05, 4.69) is 4.99 Å². The van der Waals surface area contributed by atoms with Crippen molar-refractivity contribution in [2.24, 2.45) is 10.9 Å². The van der Waals surface area contributed by atoms with Gasteiger partial charge in [0.05, 0.1) is 18.9 Å². The van der Waals surface area contributed by atoms with E-state index in [4.69, 9.17) is 4.74 Å². The van der Waals surface area contributed by atoms with Gasteiger partial charge in [-0.2, -0.15) is 0 Å². The van der Waals surface area contributed by atoms with E-state index in [0.717, 1.165) is 31.8 Å². The minimum atomic E-state index is 0.516. The Morgan fingerprint density at radius 3 is 2.80 bits per heavy atom. The average molecular weight is 209 g/mol. The number of carbonyl (C=O) groups excluding carboxylic acids is 1. The maximum Gasteiger partial charge on any atom is 0.167 e. The van der Waals surface area contributed by atoms with E-state index < -0.39 is 0 Å². The molecule has 0 amide bonds. The van der Waals surface area contributed by atoms with Crippen molar-refractivity contribution in [3.05, 3.63) is 12.2 Å². The van der Waals surface area contributed by atoms with Gasteiger partial charge in [0.2, 0.25) is 0 Å². The second kappa shape index (κ2) is 7.35. The summed E-state index contributed by atoms with van der Waals surface area (Å²) in [6, 6.07) is 0. The summed E-state index contributed by atoms with van der Waals surface area (Å²) in [7, 11) is 1.63. The second-order valence-corrected chi connectivity index (χ2v) is 3.86. The van der Waals surface area contributed by atoms with Gasteiger partial charge in [0, 0.05) is 13.0 Å². The standard InChI is InChI=1S/C12H19NO2/c1-13-12(8-14)7-5-3-2-4-6-11-9-15-10-11/h5,7-8,11H,2-4,6,9-10H2,1H3/b7-5-,13-12-. The minimum Gasteiger partial charge on any atom is -0.381 e. The Labute approximate surface area is 91.2 Å². The summed E-state index contributed by atoms with van der Waals surface area (Å²) in [5, 5.41) is 0. The zero-order valence-electron chi connectivity index (χ0n) is 9.32. The smallest absolute Gasteiger partial charge is 0.167 e. The van der Waals surface area contributed by atoms with Crippen LogP contribution < -0.4 is 0 Å². The molecule has 3 heteroatoms. The predicted octanol–water partition coefficient (Wildman–Crippen LogP) is 2.02. The first-order chi connectivity index (χ1) is 7.36. The van der Waals surface area contributed by atoms with E-state index in [9.17, 15) is 4.79 Å². The van der Waals surface area contributed by atoms with Crippen molar-refractivity contribution in [3.8, 4) is 0 Å². The molecule has 1 aliphatic rings. The molecule has 15 heavy (non-hydrogen) atoms. The predicted molar refractivity (Wildman–Crippen MR) is 61.3 cm³/mol. The first-order valence-electron chi connectivity index (χ1n) is 5.53. The van der Waals surface area contributed by atoms with Crippen LogP contribution >= 0.6 is 0 Å². The molecule has 1 aliphatic heterocycles. The van der Waals surface area contributed by atoms with Gasteiger partial charge in [-0.25, -0.2) is 0 Å². The molecule has 0 spiro atoms. The summed E-state index contributed by atoms with van der Waals surface area (Å²) in [6.07, 6.45) is 9.33. The lowest BCUT2D eigenvalue weighted by Crippen LogP contribution is -2.27. The lowest BCUT2D eigenvalue weighted by molar-refractivity contribution is -0.102. The Bertz CT molecular complexity index is 242. The molecule has 0 aliphatic carbocycles. The van der Waals surface area contributed by atoms with E-state index in [0.29, 0.717) is 5.71 Å². The Morgan fingerprint density at radius 1 is 1.47 bits per heavy atom. The maximum atomic E-state index is 10.4. The maximum absolute atomic E-state index is 10.4. The zero-order valence-corrected chi connectivity index (χ0v) is 9.32. The Morgan fingerprint density at radius 2 is 2.27 bits per heavy atom. The summed E-state index contributed by atoms with van der Waals surface area (Å²) in [5.74, 6) is 0.803. The summed E-state index contributed by atoms with van der Waals surface area (Å²) < 4.78 is 5.11. The third-order valence-electron chi connectivity index (χ3n) is 2.61. The van der Waals surface area contributed by atoms with Crippen molar-refractivity contribution in [3.63, 3.8) is 0 Å². The van der Waals surface area contributed by atoms with Gasteiger partial charge in [0.15, 0.2) is 6.29 Å². The van der Waals surface area contributed by atoms with Crippen LogP contribution in [-0.4, -0.2) is 32.3 Å². The van der Waals surface area contributed by atoms with E-state index in [1.165, 1.54) is 19.3 Å². The van der Waals surface area contributed by atoms with Crippen LogP contribution in [0.2, 0.25) is 0 Å². The van der Waals surface area contributed by atoms with Crippen LogP contribution in [-0.2, 0) is 9.53 Å². The van der Waals surface area contributed by atoms with Crippen LogP contribution in [0.3, 0.4) is 0 Å². The molecule has 0 saturated carbocycles. The number of aldehydes is 1. The van der Waals surface area contributed by atoms with Gasteiger partial charge in [-0.1, -0.05) is 12.5 Å². The van der Waals surface area contributed by atoms with E-state index in [1.807, 2.05) is 6.08 Å². The number of aliphatic imine (C=N–C) groups is 1. The van der Waals surface area contributed by atoms with Crippen LogP contribution in [0.5, 0.6) is 0 Å². The Balaban J connectivity index is 1.97. The number of ether oxygens (including phenoxy) is 1. The van der Waals surface area contributed by atoms with Crippen molar-refractivity contribution >= 4 is 12.0 Å². The normalized spacial score (nSPS) is 18.1. The third-order valence-corrected chi connectivity index (χ3v) is 2.61. The van der Waals surface area contributed by atoms with Crippen molar-refractivity contribution in [1.82, 2.24) is 0 Å². The molecule has 1 rings (SSSR count). The molecule has 0 aromatic heterocycles. The summed E-state index contributed by atoms with van der Waals surface area (Å²) in [6.45, 7) is 1.90. The number of hydrogen-bond acceptors (Lipinski definition) is 3. The van der Waals surface area contributed by atoms with Gasteiger partial charge in [-0.05, 0) is 25.3 Å². The molecule has 1 saturated heterocycles. The van der Waals surface area contributed by atoms with Gasteiger partial charge < -0.3 is 4.74 Å². The fourth-order valence-electron chi connectivity index (χ4n) is 1.52. The molecule has 84 valence electrons. The molecule has 0 atom stereocenters. The highest BCUT2D eigenvalue weighted by molar-refractivity contribution is 6.33. The van der Waals surface area contributed by atoms with Crippen LogP contribution in [0.15, 0.2) is 17.1 Å². The lowest BCUT2D eigenvalue weighted by Gasteiger charge is -2.25. The van der Waals surface area contributed by atoms with Crippen LogP contribution in [0, 0.1) is 5.92 Å². The first kappa shape index (κ1) is 12.1. The third kappa shape index (κ3) is 4.88. The fraction of sp³-hybridized carbons (Fsp3) is 0.667. The molecule has 3 nitrogen and oxygen atoms in total. The van der Waals surface area contributed by atoms with Crippen molar-refractivity contribution in [1.29, 1.82) is 0 Å². The van der Waals surface area contributed by atoms with Crippen LogP contribution in [0.1, 0.15) is 25.7 Å². The molecular formula is C12H19NO2. The second-order valence-electron chi connectivity index (χ2n) is 3.86. The number of allylic oxidation sites excluding steroid dienone is 2. The first-order valence-corrected chi connectivity index (χ1v) is 5.53. The number of rotatable bonds is 7. The minimum absolute atomic E-state index is 0.516. The molecule has 1 heterocycles. The van der Waals surface area contributed by atoms with Gasteiger partial charge in [0.25, 0.3) is 0 Å². The van der Waals surface area contributed by atoms with E-state index >= 15 is 0 Å². The molecule has 1 fully saturated rings. The van der Waals surface area contributed by atoms with Crippen molar-refractivity contribution < 1.29 is 9.53 Å². The number of nitrogens with zero attached hydrogens (tertiary/aromatic N) is 1. The molecule has 0 bridgehead atoms. The average Bonchev–Trinajstić information content (AvgIpc) is 2.20. The van der Waals surface area contributed by atoms with E-state index in [-0.39, 0.29) is 0 Å². The Hall–Kier alpha value is -0.960. The van der Waals surface area contributed by atoms with Crippen LogP contribution in [0.4, 0.5) is 0 Å². The molecule has 0 N–H and O–H groups in total. The number of carbonyl (C=O) groups is 1. The number of hydrogen-bond donors (Lipinski definition) is 0. The summed E-state index contributed by atoms with van der Waals surface area (Å²) in [5.41, 5.74) is 0.516. The zero-order chi connectivity index (χ0) is 10.9. The largest absolute Gasteiger partial charge is 0.381 e. The van der Waals surface area contributed by atoms with Gasteiger partial charge in [-0.3, -0.25) is 9.79 Å². The lowest BCUT2D eigenvalue weighted by atomic mass is 10.00. The SMILES string of the molecule is C/N=C(C=O)/C=C\CCCCC1COC1. The molecular weight excluding hydrogens is 190 g/mol. The van der Waals surface area contributed by atoms with E-state index in [1.54, 1.807) is 13.1 Å². The Kier molecular flexibility index (Phi) is 5.93. The highest BCUT2D eigenvalue weighted by atomic mass is 16.5.